The maximum Gasteiger partial charge on any atom is 0.169 e. The summed E-state index contributed by atoms with van der Waals surface area (Å²) in [6.07, 6.45) is -0.753. The second kappa shape index (κ2) is 5.44. The lowest BCUT2D eigenvalue weighted by Gasteiger charge is -2.10. The van der Waals surface area contributed by atoms with Crippen LogP contribution in [-0.4, -0.2) is 18.3 Å². The second-order valence-electron chi connectivity index (χ2n) is 3.11. The number of hydrogen-bond donors (Lipinski definition) is 1. The predicted octanol–water partition coefficient (Wildman–Crippen LogP) is 1.71. The van der Waals surface area contributed by atoms with E-state index in [4.69, 9.17) is 15.1 Å². The zero-order valence-corrected chi connectivity index (χ0v) is 8.40. The van der Waals surface area contributed by atoms with Crippen molar-refractivity contribution in [1.82, 2.24) is 0 Å². The summed E-state index contributed by atoms with van der Waals surface area (Å²) in [5.74, 6) is -0.308. The van der Waals surface area contributed by atoms with E-state index in [-0.39, 0.29) is 19.0 Å². The number of hydrogen-bond acceptors (Lipinski definition) is 3. The fourth-order valence-corrected chi connectivity index (χ4v) is 1.21. The van der Waals surface area contributed by atoms with Gasteiger partial charge in [-0.2, -0.15) is 5.26 Å². The van der Waals surface area contributed by atoms with Crippen molar-refractivity contribution in [2.24, 2.45) is 0 Å². The van der Waals surface area contributed by atoms with Crippen molar-refractivity contribution in [3.63, 3.8) is 0 Å². The minimum atomic E-state index is -0.753. The van der Waals surface area contributed by atoms with Crippen LogP contribution in [0.25, 0.3) is 0 Å². The SMILES string of the molecule is Cc1cc(C(C#N)OCCO)ccc1F. The molecule has 1 rings (SSSR count). The molecule has 0 saturated heterocycles. The second-order valence-corrected chi connectivity index (χ2v) is 3.11. The van der Waals surface area contributed by atoms with Crippen molar-refractivity contribution in [1.29, 1.82) is 5.26 Å². The molecule has 80 valence electrons. The van der Waals surface area contributed by atoms with Gasteiger partial charge in [0.15, 0.2) is 6.10 Å². The normalized spacial score (nSPS) is 12.1. The van der Waals surface area contributed by atoms with Gasteiger partial charge in [-0.3, -0.25) is 0 Å². The molecule has 1 unspecified atom stereocenters. The van der Waals surface area contributed by atoms with E-state index in [9.17, 15) is 4.39 Å². The monoisotopic (exact) mass is 209 g/mol. The molecule has 0 heterocycles. The van der Waals surface area contributed by atoms with Gasteiger partial charge in [0, 0.05) is 0 Å². The zero-order valence-electron chi connectivity index (χ0n) is 8.40. The van der Waals surface area contributed by atoms with Crippen LogP contribution < -0.4 is 0 Å². The van der Waals surface area contributed by atoms with Crippen molar-refractivity contribution in [3.8, 4) is 6.07 Å². The van der Waals surface area contributed by atoms with Crippen molar-refractivity contribution in [2.45, 2.75) is 13.0 Å². The molecule has 0 bridgehead atoms. The van der Waals surface area contributed by atoms with Crippen LogP contribution in [0, 0.1) is 24.1 Å². The lowest BCUT2D eigenvalue weighted by Crippen LogP contribution is -2.06. The number of aryl methyl sites for hydroxylation is 1. The number of nitrogens with zero attached hydrogens (tertiary/aromatic N) is 1. The summed E-state index contributed by atoms with van der Waals surface area (Å²) in [6.45, 7) is 1.58. The van der Waals surface area contributed by atoms with Gasteiger partial charge in [0.1, 0.15) is 5.82 Å². The Kier molecular flexibility index (Phi) is 4.22. The smallest absolute Gasteiger partial charge is 0.169 e. The van der Waals surface area contributed by atoms with Gasteiger partial charge >= 0.3 is 0 Å². The Morgan fingerprint density at radius 2 is 2.33 bits per heavy atom. The molecule has 1 N–H and O–H groups in total. The molecule has 1 atom stereocenters. The average Bonchev–Trinajstić information content (AvgIpc) is 2.24. The summed E-state index contributed by atoms with van der Waals surface area (Å²) < 4.78 is 18.0. The average molecular weight is 209 g/mol. The fraction of sp³-hybridized carbons (Fsp3) is 0.364. The standard InChI is InChI=1S/C11H12FNO2/c1-8-6-9(2-3-10(8)12)11(7-13)15-5-4-14/h2-3,6,11,14H,4-5H2,1H3. The summed E-state index contributed by atoms with van der Waals surface area (Å²) >= 11 is 0. The molecular formula is C11H12FNO2. The van der Waals surface area contributed by atoms with E-state index in [0.717, 1.165) is 0 Å². The third-order valence-corrected chi connectivity index (χ3v) is 1.98. The Bertz CT molecular complexity index is 373. The number of rotatable bonds is 4. The molecule has 0 saturated carbocycles. The molecular weight excluding hydrogens is 197 g/mol. The minimum Gasteiger partial charge on any atom is -0.394 e. The first-order valence-corrected chi connectivity index (χ1v) is 4.57. The number of ether oxygens (including phenoxy) is 1. The summed E-state index contributed by atoms with van der Waals surface area (Å²) in [5, 5.41) is 17.4. The number of aliphatic hydroxyl groups excluding tert-OH is 1. The highest BCUT2D eigenvalue weighted by molar-refractivity contribution is 5.28. The Hall–Kier alpha value is -1.44. The van der Waals surface area contributed by atoms with Crippen molar-refractivity contribution in [3.05, 3.63) is 35.1 Å². The quantitative estimate of drug-likeness (QED) is 0.821. The maximum absolute atomic E-state index is 13.0. The van der Waals surface area contributed by atoms with E-state index in [0.29, 0.717) is 11.1 Å². The first kappa shape index (κ1) is 11.6. The predicted molar refractivity (Wildman–Crippen MR) is 52.5 cm³/mol. The van der Waals surface area contributed by atoms with Crippen LogP contribution in [0.3, 0.4) is 0 Å². The molecule has 0 aliphatic carbocycles. The summed E-state index contributed by atoms with van der Waals surface area (Å²) in [6, 6.07) is 6.32. The van der Waals surface area contributed by atoms with Crippen molar-refractivity contribution < 1.29 is 14.2 Å². The van der Waals surface area contributed by atoms with E-state index in [1.54, 1.807) is 13.0 Å². The van der Waals surface area contributed by atoms with Crippen LogP contribution in [0.4, 0.5) is 4.39 Å². The molecule has 4 heteroatoms. The lowest BCUT2D eigenvalue weighted by molar-refractivity contribution is 0.0581. The van der Waals surface area contributed by atoms with Crippen molar-refractivity contribution >= 4 is 0 Å². The lowest BCUT2D eigenvalue weighted by atomic mass is 10.1. The largest absolute Gasteiger partial charge is 0.394 e. The fourth-order valence-electron chi connectivity index (χ4n) is 1.21. The molecule has 0 aliphatic rings. The Morgan fingerprint density at radius 3 is 2.87 bits per heavy atom. The van der Waals surface area contributed by atoms with Gasteiger partial charge in [0.2, 0.25) is 0 Å². The molecule has 1 aromatic carbocycles. The van der Waals surface area contributed by atoms with Gasteiger partial charge in [-0.25, -0.2) is 4.39 Å². The molecule has 15 heavy (non-hydrogen) atoms. The highest BCUT2D eigenvalue weighted by Gasteiger charge is 2.11. The van der Waals surface area contributed by atoms with Gasteiger partial charge in [-0.1, -0.05) is 6.07 Å². The van der Waals surface area contributed by atoms with Crippen LogP contribution >= 0.6 is 0 Å². The zero-order chi connectivity index (χ0) is 11.3. The molecule has 0 fully saturated rings. The Balaban J connectivity index is 2.84. The summed E-state index contributed by atoms with van der Waals surface area (Å²) in [5.41, 5.74) is 1.07. The van der Waals surface area contributed by atoms with E-state index in [1.165, 1.54) is 12.1 Å². The third-order valence-electron chi connectivity index (χ3n) is 1.98. The van der Waals surface area contributed by atoms with Gasteiger partial charge < -0.3 is 9.84 Å². The Labute approximate surface area is 87.7 Å². The molecule has 0 spiro atoms. The minimum absolute atomic E-state index is 0.0919. The van der Waals surface area contributed by atoms with Gasteiger partial charge in [-0.15, -0.1) is 0 Å². The van der Waals surface area contributed by atoms with E-state index in [1.807, 2.05) is 6.07 Å². The highest BCUT2D eigenvalue weighted by atomic mass is 19.1. The van der Waals surface area contributed by atoms with Crippen LogP contribution in [-0.2, 0) is 4.74 Å². The van der Waals surface area contributed by atoms with Crippen LogP contribution in [0.5, 0.6) is 0 Å². The third kappa shape index (κ3) is 3.01. The summed E-state index contributed by atoms with van der Waals surface area (Å²) in [4.78, 5) is 0. The van der Waals surface area contributed by atoms with Gasteiger partial charge in [0.05, 0.1) is 19.3 Å². The highest BCUT2D eigenvalue weighted by Crippen LogP contribution is 2.19. The first-order valence-electron chi connectivity index (χ1n) is 4.57. The van der Waals surface area contributed by atoms with E-state index >= 15 is 0 Å². The van der Waals surface area contributed by atoms with Crippen molar-refractivity contribution in [2.75, 3.05) is 13.2 Å². The number of nitriles is 1. The van der Waals surface area contributed by atoms with E-state index < -0.39 is 6.10 Å². The molecule has 0 radical (unpaired) electrons. The first-order chi connectivity index (χ1) is 7.19. The van der Waals surface area contributed by atoms with Gasteiger partial charge in [0.25, 0.3) is 0 Å². The van der Waals surface area contributed by atoms with Crippen LogP contribution in [0.15, 0.2) is 18.2 Å². The number of aliphatic hydroxyl groups is 1. The van der Waals surface area contributed by atoms with Crippen LogP contribution in [0.1, 0.15) is 17.2 Å². The molecule has 0 aliphatic heterocycles. The number of halogens is 1. The Morgan fingerprint density at radius 1 is 1.60 bits per heavy atom. The molecule has 1 aromatic rings. The molecule has 0 aromatic heterocycles. The number of benzene rings is 1. The van der Waals surface area contributed by atoms with Crippen LogP contribution in [0.2, 0.25) is 0 Å². The maximum atomic E-state index is 13.0. The molecule has 3 nitrogen and oxygen atoms in total. The summed E-state index contributed by atoms with van der Waals surface area (Å²) in [7, 11) is 0. The molecule has 0 amide bonds. The van der Waals surface area contributed by atoms with E-state index in [2.05, 4.69) is 0 Å². The topological polar surface area (TPSA) is 53.2 Å². The van der Waals surface area contributed by atoms with Gasteiger partial charge in [-0.05, 0) is 30.2 Å².